The lowest BCUT2D eigenvalue weighted by Crippen LogP contribution is -2.28. The maximum absolute atomic E-state index is 2.46. The number of nitrogens with zero attached hydrogens (tertiary/aromatic N) is 2. The Hall–Kier alpha value is -8.98. The average Bonchev–Trinajstić information content (AvgIpc) is 3.93. The first-order chi connectivity index (χ1) is 34.3. The molecule has 0 radical (unpaired) electrons. The van der Waals surface area contributed by atoms with Gasteiger partial charge >= 0.3 is 0 Å². The van der Waals surface area contributed by atoms with Crippen LogP contribution in [-0.2, 0) is 5.41 Å². The zero-order valence-corrected chi connectivity index (χ0v) is 37.8. The molecule has 1 aliphatic carbocycles. The molecular weight excluding hydrogens is 833 g/mol. The van der Waals surface area contributed by atoms with Crippen molar-refractivity contribution < 1.29 is 0 Å². The topological polar surface area (TPSA) is 7.65 Å². The van der Waals surface area contributed by atoms with Gasteiger partial charge in [-0.25, -0.2) is 0 Å². The van der Waals surface area contributed by atoms with E-state index >= 15 is 0 Å². The lowest BCUT2D eigenvalue weighted by atomic mass is 9.67. The molecule has 0 saturated carbocycles. The van der Waals surface area contributed by atoms with Crippen molar-refractivity contribution in [2.75, 3.05) is 4.90 Å². The maximum Gasteiger partial charge on any atom is 0.0714 e. The molecule has 2 heterocycles. The number of rotatable bonds is 7. The smallest absolute Gasteiger partial charge is 0.0714 e. The van der Waals surface area contributed by atoms with Gasteiger partial charge in [-0.2, -0.15) is 0 Å². The highest BCUT2D eigenvalue weighted by Gasteiger charge is 2.46. The van der Waals surface area contributed by atoms with E-state index in [1.807, 2.05) is 0 Å². The average molecular weight is 877 g/mol. The van der Waals surface area contributed by atoms with E-state index in [-0.39, 0.29) is 0 Å². The minimum absolute atomic E-state index is 0.516. The van der Waals surface area contributed by atoms with Crippen LogP contribution in [0.25, 0.3) is 82.1 Å². The van der Waals surface area contributed by atoms with Crippen molar-refractivity contribution in [2.45, 2.75) is 5.41 Å². The van der Waals surface area contributed by atoms with E-state index in [1.54, 1.807) is 0 Å². The summed E-state index contributed by atoms with van der Waals surface area (Å²) >= 11 is 0. The predicted molar refractivity (Wildman–Crippen MR) is 290 cm³/mol. The van der Waals surface area contributed by atoms with E-state index in [1.165, 1.54) is 104 Å². The minimum atomic E-state index is -0.516. The van der Waals surface area contributed by atoms with Crippen LogP contribution in [0.4, 0.5) is 17.1 Å². The van der Waals surface area contributed by atoms with Crippen LogP contribution in [0.2, 0.25) is 0 Å². The second-order valence-electron chi connectivity index (χ2n) is 18.4. The van der Waals surface area contributed by atoms with Crippen molar-refractivity contribution in [2.24, 2.45) is 0 Å². The zero-order valence-electron chi connectivity index (χ0n) is 37.8. The van der Waals surface area contributed by atoms with Gasteiger partial charge in [-0.1, -0.05) is 212 Å². The van der Waals surface area contributed by atoms with Gasteiger partial charge in [0.1, 0.15) is 0 Å². The highest BCUT2D eigenvalue weighted by Crippen LogP contribution is 2.57. The van der Waals surface area contributed by atoms with Crippen LogP contribution in [0.1, 0.15) is 22.3 Å². The molecule has 0 aliphatic heterocycles. The van der Waals surface area contributed by atoms with Crippen molar-refractivity contribution in [3.63, 3.8) is 0 Å². The molecule has 0 atom stereocenters. The Morgan fingerprint density at radius 1 is 0.333 bits per heavy atom. The molecule has 0 bridgehead atoms. The van der Waals surface area contributed by atoms with Crippen LogP contribution in [0, 0.1) is 0 Å². The number of aromatic nitrogens is 1. The molecule has 0 amide bonds. The van der Waals surface area contributed by atoms with Crippen LogP contribution in [0.3, 0.4) is 0 Å². The quantitative estimate of drug-likeness (QED) is 0.145. The molecule has 0 spiro atoms. The summed E-state index contributed by atoms with van der Waals surface area (Å²) in [5, 5.41) is 8.72. The number of fused-ring (bicyclic) bond motifs is 12. The van der Waals surface area contributed by atoms with Gasteiger partial charge in [0.25, 0.3) is 0 Å². The van der Waals surface area contributed by atoms with Crippen molar-refractivity contribution >= 4 is 65.8 Å². The van der Waals surface area contributed by atoms with E-state index in [2.05, 4.69) is 276 Å². The number of pyridine rings is 1. The summed E-state index contributed by atoms with van der Waals surface area (Å²) < 4.78 is 2.39. The Bertz CT molecular complexity index is 4070. The van der Waals surface area contributed by atoms with Gasteiger partial charge in [0, 0.05) is 39.6 Å². The first kappa shape index (κ1) is 39.2. The minimum Gasteiger partial charge on any atom is -0.315 e. The predicted octanol–water partition coefficient (Wildman–Crippen LogP) is 17.7. The second-order valence-corrected chi connectivity index (χ2v) is 18.4. The summed E-state index contributed by atoms with van der Waals surface area (Å²) in [5.74, 6) is 0. The number of benzene rings is 11. The number of hydrogen-bond acceptors (Lipinski definition) is 1. The lowest BCUT2D eigenvalue weighted by molar-refractivity contribution is 0.768. The van der Waals surface area contributed by atoms with E-state index in [9.17, 15) is 0 Å². The normalized spacial score (nSPS) is 12.8. The molecule has 2 aromatic heterocycles. The monoisotopic (exact) mass is 876 g/mol. The van der Waals surface area contributed by atoms with Crippen molar-refractivity contribution in [3.05, 3.63) is 289 Å². The van der Waals surface area contributed by atoms with Gasteiger partial charge < -0.3 is 9.30 Å². The molecule has 0 N–H and O–H groups in total. The standard InChI is InChI=1S/C67H44N2/c1-4-20-47(21-5-1)63-62-33-16-17-42-68(62)66-58-29-13-12-28-57(58)64-54(30-18-31-59(64)65(63)66)46-35-37-51(38-36-46)69(52-39-34-45-19-10-11-22-48(45)43-52)53-40-41-56-55-27-14-15-32-60(55)67(61(56)44-53,49-23-6-2-7-24-49)50-25-8-3-9-26-50/h1-44H. The molecule has 0 saturated heterocycles. The maximum atomic E-state index is 2.46. The first-order valence-electron chi connectivity index (χ1n) is 23.9. The van der Waals surface area contributed by atoms with Crippen LogP contribution < -0.4 is 4.90 Å². The lowest BCUT2D eigenvalue weighted by Gasteiger charge is -2.35. The van der Waals surface area contributed by atoms with Crippen molar-refractivity contribution in [3.8, 4) is 33.4 Å². The number of hydrogen-bond donors (Lipinski definition) is 0. The molecular formula is C67H44N2. The molecule has 2 heteroatoms. The SMILES string of the molecule is c1ccc(-c2c3c4cccc(-c5ccc(N(c6ccc7c(c6)C(c6ccccc6)(c6ccccc6)c6ccccc6-7)c6ccc7ccccc7c6)cc5)c4c4ccccc4c3n3ccccc23)cc1. The molecule has 1 aliphatic rings. The summed E-state index contributed by atoms with van der Waals surface area (Å²) in [5.41, 5.74) is 17.7. The van der Waals surface area contributed by atoms with Crippen LogP contribution in [0.15, 0.2) is 267 Å². The van der Waals surface area contributed by atoms with Gasteiger partial charge in [0.15, 0.2) is 0 Å². The van der Waals surface area contributed by atoms with E-state index < -0.39 is 5.41 Å². The summed E-state index contributed by atoms with van der Waals surface area (Å²) in [6.07, 6.45) is 2.22. The van der Waals surface area contributed by atoms with E-state index in [0.717, 1.165) is 17.1 Å². The third-order valence-corrected chi connectivity index (χ3v) is 14.8. The van der Waals surface area contributed by atoms with Crippen LogP contribution in [-0.4, -0.2) is 4.40 Å². The summed E-state index contributed by atoms with van der Waals surface area (Å²) in [4.78, 5) is 2.45. The molecule has 2 nitrogen and oxygen atoms in total. The molecule has 69 heavy (non-hydrogen) atoms. The zero-order chi connectivity index (χ0) is 45.5. The van der Waals surface area contributed by atoms with Gasteiger partial charge in [0.2, 0.25) is 0 Å². The first-order valence-corrected chi connectivity index (χ1v) is 23.9. The second kappa shape index (κ2) is 15.6. The third kappa shape index (κ3) is 5.86. The molecule has 0 unspecified atom stereocenters. The van der Waals surface area contributed by atoms with Crippen LogP contribution in [0.5, 0.6) is 0 Å². The molecule has 11 aromatic carbocycles. The Kier molecular flexibility index (Phi) is 8.84. The van der Waals surface area contributed by atoms with Crippen LogP contribution >= 0.6 is 0 Å². The van der Waals surface area contributed by atoms with Crippen molar-refractivity contribution in [1.29, 1.82) is 0 Å². The summed E-state index contributed by atoms with van der Waals surface area (Å²) in [6.45, 7) is 0. The molecule has 0 fully saturated rings. The Labute approximate surface area is 401 Å². The highest BCUT2D eigenvalue weighted by atomic mass is 15.1. The number of anilines is 3. The summed E-state index contributed by atoms with van der Waals surface area (Å²) in [6, 6.07) is 96.4. The molecule has 14 rings (SSSR count). The van der Waals surface area contributed by atoms with E-state index in [4.69, 9.17) is 0 Å². The molecule has 13 aromatic rings. The fraction of sp³-hybridized carbons (Fsp3) is 0.0149. The Balaban J connectivity index is 0.985. The Morgan fingerprint density at radius 3 is 1.70 bits per heavy atom. The fourth-order valence-corrected chi connectivity index (χ4v) is 12.0. The highest BCUT2D eigenvalue weighted by molar-refractivity contribution is 6.32. The van der Waals surface area contributed by atoms with Gasteiger partial charge in [0.05, 0.1) is 16.4 Å². The Morgan fingerprint density at radius 2 is 0.913 bits per heavy atom. The van der Waals surface area contributed by atoms with Gasteiger partial charge in [-0.15, -0.1) is 0 Å². The van der Waals surface area contributed by atoms with Gasteiger partial charge in [-0.05, 0) is 126 Å². The van der Waals surface area contributed by atoms with Gasteiger partial charge in [-0.3, -0.25) is 0 Å². The van der Waals surface area contributed by atoms with E-state index in [0.29, 0.717) is 0 Å². The third-order valence-electron chi connectivity index (χ3n) is 14.8. The molecule has 322 valence electrons. The fourth-order valence-electron chi connectivity index (χ4n) is 12.0. The summed E-state index contributed by atoms with van der Waals surface area (Å²) in [7, 11) is 0. The largest absolute Gasteiger partial charge is 0.315 e. The van der Waals surface area contributed by atoms with Crippen molar-refractivity contribution in [1.82, 2.24) is 4.40 Å².